The summed E-state index contributed by atoms with van der Waals surface area (Å²) in [6, 6.07) is 28.3. The zero-order chi connectivity index (χ0) is 24.2. The Labute approximate surface area is 207 Å². The van der Waals surface area contributed by atoms with Gasteiger partial charge in [0.05, 0.1) is 5.56 Å². The van der Waals surface area contributed by atoms with E-state index in [2.05, 4.69) is 46.7 Å². The Kier molecular flexibility index (Phi) is 6.46. The molecule has 0 fully saturated rings. The number of rotatable bonds is 7. The number of carbonyl (C=O) groups is 1. The molecule has 0 atom stereocenters. The van der Waals surface area contributed by atoms with Crippen LogP contribution in [0.5, 0.6) is 0 Å². The molecule has 0 aliphatic carbocycles. The van der Waals surface area contributed by atoms with Gasteiger partial charge in [0.1, 0.15) is 10.8 Å². The molecule has 0 aliphatic heterocycles. The van der Waals surface area contributed by atoms with Crippen LogP contribution in [0.25, 0.3) is 33.0 Å². The topological polar surface area (TPSA) is 75.1 Å². The predicted molar refractivity (Wildman–Crippen MR) is 143 cm³/mol. The molecule has 5 nitrogen and oxygen atoms in total. The molecule has 0 saturated heterocycles. The molecule has 2 aromatic heterocycles. The van der Waals surface area contributed by atoms with Crippen molar-refractivity contribution in [3.63, 3.8) is 0 Å². The van der Waals surface area contributed by atoms with Gasteiger partial charge in [0, 0.05) is 35.5 Å². The number of fused-ring (bicyclic) bond motifs is 1. The normalized spacial score (nSPS) is 10.9. The molecular formula is C29H23N3O2S. The van der Waals surface area contributed by atoms with Gasteiger partial charge in [0.25, 0.3) is 0 Å². The van der Waals surface area contributed by atoms with Crippen LogP contribution in [-0.4, -0.2) is 27.3 Å². The number of thioether (sulfide) groups is 1. The molecule has 0 radical (unpaired) electrons. The number of pyridine rings is 2. The summed E-state index contributed by atoms with van der Waals surface area (Å²) < 4.78 is 0. The van der Waals surface area contributed by atoms with Crippen LogP contribution in [0.2, 0.25) is 0 Å². The zero-order valence-electron chi connectivity index (χ0n) is 19.1. The van der Waals surface area contributed by atoms with Crippen LogP contribution in [-0.2, 0) is 6.54 Å². The molecule has 0 aliphatic rings. The van der Waals surface area contributed by atoms with Crippen LogP contribution in [0, 0.1) is 0 Å². The first-order valence-corrected chi connectivity index (χ1v) is 12.4. The molecule has 5 aromatic rings. The number of carboxylic acid groups (broad SMARTS) is 1. The number of hydrogen-bond donors (Lipinski definition) is 2. The summed E-state index contributed by atoms with van der Waals surface area (Å²) in [5, 5.41) is 15.9. The van der Waals surface area contributed by atoms with Crippen molar-refractivity contribution in [1.82, 2.24) is 9.97 Å². The summed E-state index contributed by atoms with van der Waals surface area (Å²) >= 11 is 1.53. The zero-order valence-corrected chi connectivity index (χ0v) is 19.9. The molecule has 35 heavy (non-hydrogen) atoms. The Morgan fingerprint density at radius 1 is 0.914 bits per heavy atom. The third-order valence-electron chi connectivity index (χ3n) is 5.85. The van der Waals surface area contributed by atoms with Crippen molar-refractivity contribution in [3.8, 4) is 22.3 Å². The maximum atomic E-state index is 11.6. The first kappa shape index (κ1) is 22.6. The van der Waals surface area contributed by atoms with Gasteiger partial charge in [-0.2, -0.15) is 0 Å². The van der Waals surface area contributed by atoms with Crippen LogP contribution in [0.1, 0.15) is 15.9 Å². The minimum absolute atomic E-state index is 0.146. The van der Waals surface area contributed by atoms with E-state index in [9.17, 15) is 9.90 Å². The standard InChI is InChI=1S/C29H23N3O2S/c1-35-28-25(21-15-22(29(33)34)18-30-17-21)24-14-8-13-23(20-11-6-3-7-12-20)26(24)27(32-28)31-16-19-9-4-2-5-10-19/h2-15,17-18H,16H2,1H3,(H,31,32)(H,33,34). The molecule has 5 rings (SSSR count). The van der Waals surface area contributed by atoms with E-state index in [4.69, 9.17) is 4.98 Å². The largest absolute Gasteiger partial charge is 0.478 e. The van der Waals surface area contributed by atoms with Crippen molar-refractivity contribution in [1.29, 1.82) is 0 Å². The van der Waals surface area contributed by atoms with E-state index in [1.165, 1.54) is 18.0 Å². The fraction of sp³-hybridized carbons (Fsp3) is 0.0690. The number of benzene rings is 3. The summed E-state index contributed by atoms with van der Waals surface area (Å²) in [5.41, 5.74) is 5.06. The quantitative estimate of drug-likeness (QED) is 0.246. The lowest BCUT2D eigenvalue weighted by Crippen LogP contribution is -2.05. The molecule has 172 valence electrons. The summed E-state index contributed by atoms with van der Waals surface area (Å²) in [7, 11) is 0. The Hall–Kier alpha value is -4.16. The maximum absolute atomic E-state index is 11.6. The minimum atomic E-state index is -1.01. The molecule has 0 saturated carbocycles. The number of aromatic carboxylic acids is 1. The van der Waals surface area contributed by atoms with E-state index in [0.717, 1.165) is 49.4 Å². The lowest BCUT2D eigenvalue weighted by molar-refractivity contribution is 0.0696. The van der Waals surface area contributed by atoms with Gasteiger partial charge < -0.3 is 10.4 Å². The highest BCUT2D eigenvalue weighted by Gasteiger charge is 2.19. The number of carboxylic acids is 1. The predicted octanol–water partition coefficient (Wildman–Crippen LogP) is 7.00. The summed E-state index contributed by atoms with van der Waals surface area (Å²) in [5.74, 6) is -0.216. The number of nitrogens with zero attached hydrogens (tertiary/aromatic N) is 2. The van der Waals surface area contributed by atoms with Crippen molar-refractivity contribution in [2.24, 2.45) is 0 Å². The van der Waals surface area contributed by atoms with E-state index in [1.807, 2.05) is 48.7 Å². The van der Waals surface area contributed by atoms with Crippen molar-refractivity contribution in [3.05, 3.63) is 108 Å². The summed E-state index contributed by atoms with van der Waals surface area (Å²) in [6.45, 7) is 0.634. The van der Waals surface area contributed by atoms with Crippen LogP contribution < -0.4 is 5.32 Å². The van der Waals surface area contributed by atoms with Gasteiger partial charge >= 0.3 is 5.97 Å². The third-order valence-corrected chi connectivity index (χ3v) is 6.53. The van der Waals surface area contributed by atoms with E-state index in [0.29, 0.717) is 6.54 Å². The fourth-order valence-electron chi connectivity index (χ4n) is 4.23. The smallest absolute Gasteiger partial charge is 0.337 e. The highest BCUT2D eigenvalue weighted by Crippen LogP contribution is 2.42. The highest BCUT2D eigenvalue weighted by molar-refractivity contribution is 7.98. The molecule has 0 unspecified atom stereocenters. The Morgan fingerprint density at radius 3 is 2.37 bits per heavy atom. The second-order valence-electron chi connectivity index (χ2n) is 8.05. The second-order valence-corrected chi connectivity index (χ2v) is 8.84. The van der Waals surface area contributed by atoms with E-state index >= 15 is 0 Å². The van der Waals surface area contributed by atoms with Crippen molar-refractivity contribution in [2.45, 2.75) is 11.6 Å². The SMILES string of the molecule is CSc1nc(NCc2ccccc2)c2c(-c3ccccc3)cccc2c1-c1cncc(C(=O)O)c1. The first-order valence-electron chi connectivity index (χ1n) is 11.2. The highest BCUT2D eigenvalue weighted by atomic mass is 32.2. The van der Waals surface area contributed by atoms with Crippen LogP contribution in [0.4, 0.5) is 5.82 Å². The van der Waals surface area contributed by atoms with Crippen molar-refractivity contribution >= 4 is 34.3 Å². The third kappa shape index (κ3) is 4.61. The monoisotopic (exact) mass is 477 g/mol. The van der Waals surface area contributed by atoms with Crippen LogP contribution in [0.3, 0.4) is 0 Å². The van der Waals surface area contributed by atoms with Gasteiger partial charge in [-0.05, 0) is 34.4 Å². The van der Waals surface area contributed by atoms with E-state index < -0.39 is 5.97 Å². The van der Waals surface area contributed by atoms with Crippen molar-refractivity contribution < 1.29 is 9.90 Å². The van der Waals surface area contributed by atoms with Gasteiger partial charge in [0.15, 0.2) is 0 Å². The first-order chi connectivity index (χ1) is 17.2. The Bertz CT molecular complexity index is 1510. The molecular weight excluding hydrogens is 454 g/mol. The van der Waals surface area contributed by atoms with Gasteiger partial charge in [-0.1, -0.05) is 78.9 Å². The molecule has 0 amide bonds. The molecule has 2 heterocycles. The van der Waals surface area contributed by atoms with Crippen LogP contribution >= 0.6 is 11.8 Å². The van der Waals surface area contributed by atoms with Crippen LogP contribution in [0.15, 0.2) is 102 Å². The van der Waals surface area contributed by atoms with Crippen molar-refractivity contribution in [2.75, 3.05) is 11.6 Å². The maximum Gasteiger partial charge on any atom is 0.337 e. The van der Waals surface area contributed by atoms with Gasteiger partial charge in [-0.3, -0.25) is 4.98 Å². The molecule has 0 bridgehead atoms. The Morgan fingerprint density at radius 2 is 1.66 bits per heavy atom. The lowest BCUT2D eigenvalue weighted by Gasteiger charge is -2.19. The van der Waals surface area contributed by atoms with E-state index in [1.54, 1.807) is 12.3 Å². The van der Waals surface area contributed by atoms with E-state index in [-0.39, 0.29) is 5.56 Å². The fourth-order valence-corrected chi connectivity index (χ4v) is 4.85. The second kappa shape index (κ2) is 9.99. The number of nitrogens with one attached hydrogen (secondary N) is 1. The molecule has 0 spiro atoms. The summed E-state index contributed by atoms with van der Waals surface area (Å²) in [4.78, 5) is 20.9. The lowest BCUT2D eigenvalue weighted by atomic mass is 9.94. The average Bonchev–Trinajstić information content (AvgIpc) is 2.92. The Balaban J connectivity index is 1.77. The number of aromatic nitrogens is 2. The summed E-state index contributed by atoms with van der Waals surface area (Å²) in [6.07, 6.45) is 5.05. The molecule has 6 heteroatoms. The molecule has 3 aromatic carbocycles. The minimum Gasteiger partial charge on any atom is -0.478 e. The van der Waals surface area contributed by atoms with Gasteiger partial charge in [-0.25, -0.2) is 9.78 Å². The molecule has 2 N–H and O–H groups in total. The van der Waals surface area contributed by atoms with Gasteiger partial charge in [0.2, 0.25) is 0 Å². The average molecular weight is 478 g/mol. The number of hydrogen-bond acceptors (Lipinski definition) is 5. The van der Waals surface area contributed by atoms with Gasteiger partial charge in [-0.15, -0.1) is 11.8 Å². The number of anilines is 1.